The van der Waals surface area contributed by atoms with E-state index in [-0.39, 0.29) is 30.5 Å². The fraction of sp³-hybridized carbons (Fsp3) is 0.714. The van der Waals surface area contributed by atoms with Gasteiger partial charge in [-0.15, -0.1) is 0 Å². The molecule has 0 aromatic carbocycles. The minimum atomic E-state index is -1.66. The zero-order valence-corrected chi connectivity index (χ0v) is 15.7. The first kappa shape index (κ1) is 19.0. The van der Waals surface area contributed by atoms with Crippen LogP contribution in [0.25, 0.3) is 0 Å². The van der Waals surface area contributed by atoms with Crippen LogP contribution in [-0.4, -0.2) is 45.2 Å². The number of hydrogen-bond acceptors (Lipinski definition) is 5. The molecule has 0 saturated heterocycles. The highest BCUT2D eigenvalue weighted by molar-refractivity contribution is 6.01. The summed E-state index contributed by atoms with van der Waals surface area (Å²) in [6.07, 6.45) is 3.89. The van der Waals surface area contributed by atoms with Crippen LogP contribution < -0.4 is 0 Å². The van der Waals surface area contributed by atoms with Crippen LogP contribution >= 0.6 is 0 Å². The topological polar surface area (TPSA) is 94.8 Å². The van der Waals surface area contributed by atoms with Gasteiger partial charge >= 0.3 is 0 Å². The van der Waals surface area contributed by atoms with Crippen LogP contribution in [0.1, 0.15) is 46.0 Å². The average molecular weight is 378 g/mol. The average Bonchev–Trinajstić information content (AvgIpc) is 2.87. The number of aliphatic hydroxyl groups excluding tert-OH is 2. The number of ketones is 2. The molecule has 3 fully saturated rings. The Morgan fingerprint density at radius 3 is 2.67 bits per heavy atom. The highest BCUT2D eigenvalue weighted by Crippen LogP contribution is 2.68. The zero-order valence-electron chi connectivity index (χ0n) is 15.7. The molecule has 7 atom stereocenters. The van der Waals surface area contributed by atoms with Gasteiger partial charge in [0.1, 0.15) is 18.0 Å². The Labute approximate surface area is 158 Å². The molecule has 0 aromatic heterocycles. The molecule has 4 aliphatic carbocycles. The van der Waals surface area contributed by atoms with E-state index in [9.17, 15) is 24.9 Å². The minimum Gasteiger partial charge on any atom is -0.393 e. The van der Waals surface area contributed by atoms with E-state index in [2.05, 4.69) is 0 Å². The number of carbonyl (C=O) groups excluding carboxylic acids is 2. The standard InChI is InChI=1S/C21H27FO5/c1-19-9-15(25)18-13(14(19)5-6-21(19,27)17(26)10-23)4-3-11-7-12(24)8-16(22)20(11,18)2/h7-8,13-15,18,23,25,27H,3-6,9-10H2,1-2H3/t13-,14-,15?,18+,19-,20+,21-/m0/s1. The second-order valence-electron chi connectivity index (χ2n) is 9.27. The van der Waals surface area contributed by atoms with Gasteiger partial charge in [-0.2, -0.15) is 0 Å². The smallest absolute Gasteiger partial charge is 0.190 e. The minimum absolute atomic E-state index is 0.0461. The molecule has 0 bridgehead atoms. The molecule has 0 spiro atoms. The molecular weight excluding hydrogens is 351 g/mol. The van der Waals surface area contributed by atoms with E-state index in [4.69, 9.17) is 0 Å². The van der Waals surface area contributed by atoms with Crippen molar-refractivity contribution in [3.05, 3.63) is 23.6 Å². The van der Waals surface area contributed by atoms with E-state index in [1.807, 2.05) is 6.92 Å². The summed E-state index contributed by atoms with van der Waals surface area (Å²) >= 11 is 0. The summed E-state index contributed by atoms with van der Waals surface area (Å²) in [5.41, 5.74) is -2.79. The van der Waals surface area contributed by atoms with Crippen molar-refractivity contribution in [3.63, 3.8) is 0 Å². The van der Waals surface area contributed by atoms with Crippen LogP contribution in [0.5, 0.6) is 0 Å². The third kappa shape index (κ3) is 2.21. The van der Waals surface area contributed by atoms with Gasteiger partial charge < -0.3 is 15.3 Å². The van der Waals surface area contributed by atoms with Crippen molar-refractivity contribution < 1.29 is 29.3 Å². The molecule has 0 aliphatic heterocycles. The lowest BCUT2D eigenvalue weighted by molar-refractivity contribution is -0.180. The fourth-order valence-electron chi connectivity index (χ4n) is 6.98. The lowest BCUT2D eigenvalue weighted by Gasteiger charge is -2.59. The predicted molar refractivity (Wildman–Crippen MR) is 95.1 cm³/mol. The summed E-state index contributed by atoms with van der Waals surface area (Å²) in [7, 11) is 0. The van der Waals surface area contributed by atoms with Crippen molar-refractivity contribution in [2.45, 2.75) is 57.7 Å². The summed E-state index contributed by atoms with van der Waals surface area (Å²) in [6, 6.07) is 0. The SMILES string of the molecule is C[C@]12C(F)=CC(=O)C=C1CC[C@@H]1[C@@H]2C(O)C[C@@]2(C)[C@H]1CC[C@]2(O)C(=O)CO. The van der Waals surface area contributed by atoms with Gasteiger partial charge in [-0.1, -0.05) is 12.5 Å². The van der Waals surface area contributed by atoms with E-state index >= 15 is 4.39 Å². The lowest BCUT2D eigenvalue weighted by atomic mass is 9.46. The van der Waals surface area contributed by atoms with Crippen LogP contribution in [-0.2, 0) is 9.59 Å². The molecule has 4 aliphatic rings. The summed E-state index contributed by atoms with van der Waals surface area (Å²) in [5.74, 6) is -1.95. The predicted octanol–water partition coefficient (Wildman–Crippen LogP) is 1.85. The maximum Gasteiger partial charge on any atom is 0.190 e. The van der Waals surface area contributed by atoms with Gasteiger partial charge in [-0.3, -0.25) is 9.59 Å². The van der Waals surface area contributed by atoms with Crippen molar-refractivity contribution in [1.82, 2.24) is 0 Å². The molecule has 4 rings (SSSR count). The van der Waals surface area contributed by atoms with E-state index in [1.54, 1.807) is 6.92 Å². The Balaban J connectivity index is 1.77. The molecule has 0 aromatic rings. The van der Waals surface area contributed by atoms with E-state index in [1.165, 1.54) is 6.08 Å². The number of Topliss-reactive ketones (excluding diaryl/α,β-unsaturated/α-hetero) is 1. The van der Waals surface area contributed by atoms with Gasteiger partial charge in [0.2, 0.25) is 0 Å². The van der Waals surface area contributed by atoms with Crippen LogP contribution in [0.3, 0.4) is 0 Å². The quantitative estimate of drug-likeness (QED) is 0.682. The Bertz CT molecular complexity index is 773. The first-order chi connectivity index (χ1) is 12.6. The molecule has 0 radical (unpaired) electrons. The maximum atomic E-state index is 15.0. The summed E-state index contributed by atoms with van der Waals surface area (Å²) < 4.78 is 15.0. The first-order valence-corrected chi connectivity index (χ1v) is 9.77. The second kappa shape index (κ2) is 5.82. The molecule has 3 saturated carbocycles. The molecule has 0 heterocycles. The number of aliphatic hydroxyl groups is 3. The molecule has 5 nitrogen and oxygen atoms in total. The molecule has 0 amide bonds. The number of halogens is 1. The Morgan fingerprint density at radius 2 is 2.00 bits per heavy atom. The first-order valence-electron chi connectivity index (χ1n) is 9.77. The van der Waals surface area contributed by atoms with Gasteiger partial charge in [0, 0.05) is 22.8 Å². The second-order valence-corrected chi connectivity index (χ2v) is 9.27. The van der Waals surface area contributed by atoms with Crippen molar-refractivity contribution in [3.8, 4) is 0 Å². The number of rotatable bonds is 2. The largest absolute Gasteiger partial charge is 0.393 e. The molecule has 148 valence electrons. The highest BCUT2D eigenvalue weighted by Gasteiger charge is 2.68. The normalized spacial score (nSPS) is 48.9. The van der Waals surface area contributed by atoms with Gasteiger partial charge in [-0.05, 0) is 56.9 Å². The fourth-order valence-corrected chi connectivity index (χ4v) is 6.98. The summed E-state index contributed by atoms with van der Waals surface area (Å²) in [4.78, 5) is 24.1. The number of allylic oxidation sites excluding steroid dienone is 4. The number of hydrogen-bond donors (Lipinski definition) is 3. The number of carbonyl (C=O) groups is 2. The summed E-state index contributed by atoms with van der Waals surface area (Å²) in [6.45, 7) is 2.86. The van der Waals surface area contributed by atoms with Gasteiger partial charge in [0.25, 0.3) is 0 Å². The maximum absolute atomic E-state index is 15.0. The van der Waals surface area contributed by atoms with E-state index in [0.29, 0.717) is 19.3 Å². The number of fused-ring (bicyclic) bond motifs is 5. The Kier molecular flexibility index (Phi) is 4.09. The lowest BCUT2D eigenvalue weighted by Crippen LogP contribution is -2.62. The van der Waals surface area contributed by atoms with E-state index < -0.39 is 46.7 Å². The van der Waals surface area contributed by atoms with Crippen LogP contribution in [0, 0.1) is 28.6 Å². The zero-order chi connectivity index (χ0) is 19.8. The third-order valence-electron chi connectivity index (χ3n) is 8.37. The van der Waals surface area contributed by atoms with Crippen molar-refractivity contribution >= 4 is 11.6 Å². The molecule has 6 heteroatoms. The van der Waals surface area contributed by atoms with Crippen molar-refractivity contribution in [1.29, 1.82) is 0 Å². The summed E-state index contributed by atoms with van der Waals surface area (Å²) in [5, 5.41) is 31.6. The molecular formula is C21H27FO5. The van der Waals surface area contributed by atoms with E-state index in [0.717, 1.165) is 11.6 Å². The highest BCUT2D eigenvalue weighted by atomic mass is 19.1. The molecule has 1 unspecified atom stereocenters. The van der Waals surface area contributed by atoms with Crippen LogP contribution in [0.15, 0.2) is 23.6 Å². The Hall–Kier alpha value is -1.37. The molecule has 27 heavy (non-hydrogen) atoms. The monoisotopic (exact) mass is 378 g/mol. The molecule has 3 N–H and O–H groups in total. The van der Waals surface area contributed by atoms with Crippen LogP contribution in [0.4, 0.5) is 4.39 Å². The van der Waals surface area contributed by atoms with Crippen molar-refractivity contribution in [2.24, 2.45) is 28.6 Å². The third-order valence-corrected chi connectivity index (χ3v) is 8.37. The van der Waals surface area contributed by atoms with Gasteiger partial charge in [0.05, 0.1) is 6.10 Å². The van der Waals surface area contributed by atoms with Crippen LogP contribution in [0.2, 0.25) is 0 Å². The van der Waals surface area contributed by atoms with Gasteiger partial charge in [-0.25, -0.2) is 4.39 Å². The Morgan fingerprint density at radius 1 is 1.30 bits per heavy atom. The van der Waals surface area contributed by atoms with Crippen molar-refractivity contribution in [2.75, 3.05) is 6.61 Å². The van der Waals surface area contributed by atoms with Gasteiger partial charge in [0.15, 0.2) is 11.6 Å².